The second-order valence-corrected chi connectivity index (χ2v) is 14.3. The van der Waals surface area contributed by atoms with Crippen LogP contribution in [0.15, 0.2) is 53.0 Å². The van der Waals surface area contributed by atoms with Gasteiger partial charge in [-0.25, -0.2) is 0 Å². The normalized spacial score (nSPS) is 22.0. The maximum atomic E-state index is 9.98. The van der Waals surface area contributed by atoms with Crippen LogP contribution in [0.1, 0.15) is 31.9 Å². The van der Waals surface area contributed by atoms with E-state index in [1.807, 2.05) is 30.3 Å². The lowest BCUT2D eigenvalue weighted by molar-refractivity contribution is 0.151. The molecule has 0 N–H and O–H groups in total. The third-order valence-electron chi connectivity index (χ3n) is 6.00. The van der Waals surface area contributed by atoms with Crippen LogP contribution in [-0.2, 0) is 9.84 Å². The van der Waals surface area contributed by atoms with Gasteiger partial charge in [-0.15, -0.1) is 0 Å². The number of hydrogen-bond acceptors (Lipinski definition) is 3. The van der Waals surface area contributed by atoms with Gasteiger partial charge in [0.05, 0.1) is 16.5 Å². The quantitative estimate of drug-likeness (QED) is 0.540. The third-order valence-corrected chi connectivity index (χ3v) is 11.1. The zero-order valence-electron chi connectivity index (χ0n) is 16.5. The van der Waals surface area contributed by atoms with Crippen molar-refractivity contribution in [2.24, 2.45) is 0 Å². The van der Waals surface area contributed by atoms with Gasteiger partial charge in [-0.3, -0.25) is 0 Å². The van der Waals surface area contributed by atoms with Crippen molar-refractivity contribution in [2.75, 3.05) is 6.61 Å². The van der Waals surface area contributed by atoms with E-state index < -0.39 is 19.8 Å². The van der Waals surface area contributed by atoms with E-state index in [-0.39, 0.29) is 5.04 Å². The summed E-state index contributed by atoms with van der Waals surface area (Å²) in [4.78, 5) is 0. The van der Waals surface area contributed by atoms with E-state index in [9.17, 15) is 5.26 Å². The predicted molar refractivity (Wildman–Crippen MR) is 115 cm³/mol. The van der Waals surface area contributed by atoms with Crippen LogP contribution in [0.4, 0.5) is 0 Å². The summed E-state index contributed by atoms with van der Waals surface area (Å²) >= 11 is 3.58. The highest BCUT2D eigenvalue weighted by Gasteiger charge is 2.53. The highest BCUT2D eigenvalue weighted by molar-refractivity contribution is 9.10. The lowest BCUT2D eigenvalue weighted by Gasteiger charge is -2.40. The summed E-state index contributed by atoms with van der Waals surface area (Å²) in [6, 6.07) is 18.5. The van der Waals surface area contributed by atoms with Gasteiger partial charge in [-0.05, 0) is 45.7 Å². The van der Waals surface area contributed by atoms with Crippen LogP contribution < -0.4 is 4.74 Å². The zero-order chi connectivity index (χ0) is 19.9. The van der Waals surface area contributed by atoms with Gasteiger partial charge < -0.3 is 9.16 Å². The summed E-state index contributed by atoms with van der Waals surface area (Å²) < 4.78 is 13.7. The third kappa shape index (κ3) is 3.35. The first-order chi connectivity index (χ1) is 12.6. The van der Waals surface area contributed by atoms with Crippen molar-refractivity contribution in [3.63, 3.8) is 0 Å². The van der Waals surface area contributed by atoms with Crippen molar-refractivity contribution in [1.82, 2.24) is 0 Å². The number of rotatable bonds is 4. The molecule has 0 amide bonds. The fourth-order valence-corrected chi connectivity index (χ4v) is 4.75. The van der Waals surface area contributed by atoms with E-state index >= 15 is 0 Å². The molecular weight excluding hydrogens is 418 g/mol. The van der Waals surface area contributed by atoms with Crippen LogP contribution in [0.5, 0.6) is 5.75 Å². The molecule has 27 heavy (non-hydrogen) atoms. The number of halogens is 1. The number of nitrogens with zero attached hydrogens (tertiary/aromatic N) is 1. The summed E-state index contributed by atoms with van der Waals surface area (Å²) in [5, 5.41) is 10.1. The topological polar surface area (TPSA) is 42.2 Å². The lowest BCUT2D eigenvalue weighted by atomic mass is 9.72. The molecule has 0 saturated carbocycles. The highest BCUT2D eigenvalue weighted by atomic mass is 79.9. The first-order valence-electron chi connectivity index (χ1n) is 9.18. The number of nitriles is 1. The molecule has 1 heterocycles. The maximum absolute atomic E-state index is 9.98. The Bertz CT molecular complexity index is 870. The molecule has 1 aliphatic heterocycles. The maximum Gasteiger partial charge on any atom is 0.200 e. The van der Waals surface area contributed by atoms with E-state index in [1.54, 1.807) is 0 Å². The molecule has 0 bridgehead atoms. The summed E-state index contributed by atoms with van der Waals surface area (Å²) in [7, 11) is -2.01. The Morgan fingerprint density at radius 3 is 2.41 bits per heavy atom. The van der Waals surface area contributed by atoms with Crippen LogP contribution in [0.3, 0.4) is 0 Å². The molecule has 3 nitrogen and oxygen atoms in total. The first kappa shape index (κ1) is 20.1. The van der Waals surface area contributed by atoms with Gasteiger partial charge in [0.2, 0.25) is 0 Å². The van der Waals surface area contributed by atoms with E-state index in [0.717, 1.165) is 21.3 Å². The van der Waals surface area contributed by atoms with Crippen molar-refractivity contribution in [2.45, 2.75) is 50.4 Å². The fraction of sp³-hybridized carbons (Fsp3) is 0.409. The van der Waals surface area contributed by atoms with Gasteiger partial charge >= 0.3 is 0 Å². The molecule has 0 unspecified atom stereocenters. The van der Waals surface area contributed by atoms with Crippen LogP contribution >= 0.6 is 15.9 Å². The molecule has 5 heteroatoms. The Kier molecular flexibility index (Phi) is 5.28. The minimum atomic E-state index is -2.01. The highest BCUT2D eigenvalue weighted by Crippen LogP contribution is 2.51. The Morgan fingerprint density at radius 2 is 1.81 bits per heavy atom. The monoisotopic (exact) mass is 443 g/mol. The number of benzene rings is 2. The molecule has 2 atom stereocenters. The molecule has 0 saturated heterocycles. The second-order valence-electron chi connectivity index (χ2n) is 8.63. The molecule has 0 fully saturated rings. The smallest absolute Gasteiger partial charge is 0.200 e. The van der Waals surface area contributed by atoms with Gasteiger partial charge in [0.25, 0.3) is 0 Å². The molecular formula is C22H26BrNO2Si. The molecule has 2 aromatic rings. The van der Waals surface area contributed by atoms with Crippen molar-refractivity contribution < 1.29 is 9.16 Å². The average Bonchev–Trinajstić information content (AvgIpc) is 2.96. The Labute approximate surface area is 171 Å². The minimum absolute atomic E-state index is 0.0899. The van der Waals surface area contributed by atoms with Crippen molar-refractivity contribution in [1.29, 1.82) is 5.26 Å². The SMILES string of the molecule is CC(C)(C)[Si](C)(C)OC[C@@]1(c2ccccc2)c2cccc(Br)c2O[C@@H]1C#N. The lowest BCUT2D eigenvalue weighted by Crippen LogP contribution is -2.49. The van der Waals surface area contributed by atoms with E-state index in [1.165, 1.54) is 0 Å². The number of hydrogen-bond donors (Lipinski definition) is 0. The number of para-hydroxylation sites is 1. The molecule has 0 aliphatic carbocycles. The summed E-state index contributed by atoms with van der Waals surface area (Å²) in [6.45, 7) is 11.6. The van der Waals surface area contributed by atoms with E-state index in [0.29, 0.717) is 6.61 Å². The predicted octanol–water partition coefficient (Wildman–Crippen LogP) is 6.04. The largest absolute Gasteiger partial charge is 0.473 e. The van der Waals surface area contributed by atoms with E-state index in [4.69, 9.17) is 9.16 Å². The van der Waals surface area contributed by atoms with Crippen molar-refractivity contribution >= 4 is 24.2 Å². The van der Waals surface area contributed by atoms with Crippen LogP contribution in [-0.4, -0.2) is 21.0 Å². The van der Waals surface area contributed by atoms with Gasteiger partial charge in [-0.2, -0.15) is 5.26 Å². The number of ether oxygens (including phenoxy) is 1. The molecule has 2 aromatic carbocycles. The minimum Gasteiger partial charge on any atom is -0.473 e. The molecule has 1 aliphatic rings. The van der Waals surface area contributed by atoms with Crippen LogP contribution in [0.2, 0.25) is 18.1 Å². The van der Waals surface area contributed by atoms with Gasteiger partial charge in [0.1, 0.15) is 11.8 Å². The van der Waals surface area contributed by atoms with Crippen LogP contribution in [0, 0.1) is 11.3 Å². The Morgan fingerprint density at radius 1 is 1.15 bits per heavy atom. The summed E-state index contributed by atoms with van der Waals surface area (Å²) in [5.74, 6) is 0.742. The first-order valence-corrected chi connectivity index (χ1v) is 12.9. The molecule has 0 spiro atoms. The fourth-order valence-electron chi connectivity index (χ4n) is 3.27. The van der Waals surface area contributed by atoms with Crippen molar-refractivity contribution in [3.05, 3.63) is 64.1 Å². The standard InChI is InChI=1S/C22H26BrNO2Si/c1-21(2,3)27(4,5)25-15-22(16-10-7-6-8-11-16)17-12-9-13-18(23)20(17)26-19(22)14-24/h6-13,19H,15H2,1-5H3/t19-,22-/m1/s1. The molecule has 0 radical (unpaired) electrons. The summed E-state index contributed by atoms with van der Waals surface area (Å²) in [5.41, 5.74) is 1.41. The zero-order valence-corrected chi connectivity index (χ0v) is 19.1. The average molecular weight is 444 g/mol. The molecule has 142 valence electrons. The van der Waals surface area contributed by atoms with E-state index in [2.05, 4.69) is 74.1 Å². The molecule has 0 aromatic heterocycles. The van der Waals surface area contributed by atoms with Gasteiger partial charge in [-0.1, -0.05) is 63.2 Å². The summed E-state index contributed by atoms with van der Waals surface area (Å²) in [6.07, 6.45) is -0.640. The van der Waals surface area contributed by atoms with Crippen molar-refractivity contribution in [3.8, 4) is 11.8 Å². The Balaban J connectivity index is 2.16. The van der Waals surface area contributed by atoms with Crippen LogP contribution in [0.25, 0.3) is 0 Å². The molecule has 3 rings (SSSR count). The van der Waals surface area contributed by atoms with Gasteiger partial charge in [0.15, 0.2) is 14.4 Å². The Hall–Kier alpha value is -1.61. The second kappa shape index (κ2) is 7.09. The number of fused-ring (bicyclic) bond motifs is 1. The van der Waals surface area contributed by atoms with Gasteiger partial charge in [0, 0.05) is 5.56 Å².